The number of carbonyl (C=O) groups excluding carboxylic acids is 3. The van der Waals surface area contributed by atoms with Gasteiger partial charge in [-0.2, -0.15) is 5.10 Å². The van der Waals surface area contributed by atoms with E-state index in [0.29, 0.717) is 44.4 Å². The first-order chi connectivity index (χ1) is 18.4. The van der Waals surface area contributed by atoms with Crippen molar-refractivity contribution in [2.75, 3.05) is 31.0 Å². The molecular weight excluding hydrogens is 603 g/mol. The minimum Gasteiger partial charge on any atom is -0.494 e. The summed E-state index contributed by atoms with van der Waals surface area (Å²) in [5.74, 6) is -0.672. The molecule has 3 amide bonds. The van der Waals surface area contributed by atoms with Crippen LogP contribution in [0.4, 0.5) is 11.4 Å². The average molecular weight is 630 g/mol. The highest BCUT2D eigenvalue weighted by Crippen LogP contribution is 2.33. The van der Waals surface area contributed by atoms with Crippen LogP contribution in [0.1, 0.15) is 18.9 Å². The molecule has 0 aliphatic carbocycles. The highest BCUT2D eigenvalue weighted by Gasteiger charge is 2.15. The fraction of sp³-hybridized carbons (Fsp3) is 0.185. The number of hydrogen-bond acceptors (Lipinski definition) is 7. The lowest BCUT2D eigenvalue weighted by Gasteiger charge is -2.13. The first-order valence-electron chi connectivity index (χ1n) is 11.6. The van der Waals surface area contributed by atoms with Crippen LogP contribution in [0, 0.1) is 3.57 Å². The summed E-state index contributed by atoms with van der Waals surface area (Å²) >= 11 is 2.04. The number of methoxy groups -OCH3 is 1. The van der Waals surface area contributed by atoms with Crippen molar-refractivity contribution in [3.8, 4) is 17.2 Å². The maximum absolute atomic E-state index is 12.2. The van der Waals surface area contributed by atoms with Crippen molar-refractivity contribution in [3.05, 3.63) is 75.9 Å². The van der Waals surface area contributed by atoms with E-state index in [1.807, 2.05) is 47.7 Å². The van der Waals surface area contributed by atoms with E-state index in [0.717, 1.165) is 6.42 Å². The average Bonchev–Trinajstić information content (AvgIpc) is 2.92. The minimum absolute atomic E-state index is 0.214. The zero-order valence-electron chi connectivity index (χ0n) is 20.8. The summed E-state index contributed by atoms with van der Waals surface area (Å²) in [6.45, 7) is 2.39. The fourth-order valence-corrected chi connectivity index (χ4v) is 3.85. The number of anilines is 2. The van der Waals surface area contributed by atoms with Gasteiger partial charge in [0.15, 0.2) is 18.1 Å². The van der Waals surface area contributed by atoms with E-state index >= 15 is 0 Å². The van der Waals surface area contributed by atoms with E-state index in [2.05, 4.69) is 21.2 Å². The van der Waals surface area contributed by atoms with Gasteiger partial charge >= 0.3 is 11.8 Å². The van der Waals surface area contributed by atoms with Crippen LogP contribution in [0.25, 0.3) is 0 Å². The molecule has 0 unspecified atom stereocenters. The molecule has 0 aliphatic rings. The lowest BCUT2D eigenvalue weighted by Crippen LogP contribution is -2.32. The van der Waals surface area contributed by atoms with Crippen LogP contribution in [-0.2, 0) is 14.4 Å². The van der Waals surface area contributed by atoms with Crippen molar-refractivity contribution in [2.45, 2.75) is 13.3 Å². The number of rotatable bonds is 11. The molecule has 3 N–H and O–H groups in total. The number of para-hydroxylation sites is 1. The van der Waals surface area contributed by atoms with E-state index < -0.39 is 11.8 Å². The van der Waals surface area contributed by atoms with Crippen molar-refractivity contribution in [1.82, 2.24) is 5.43 Å². The minimum atomic E-state index is -0.932. The molecule has 3 aromatic rings. The van der Waals surface area contributed by atoms with Crippen LogP contribution >= 0.6 is 22.6 Å². The van der Waals surface area contributed by atoms with E-state index in [4.69, 9.17) is 14.2 Å². The summed E-state index contributed by atoms with van der Waals surface area (Å²) in [5.41, 5.74) is 3.89. The molecule has 3 aromatic carbocycles. The Labute approximate surface area is 233 Å². The Morgan fingerprint density at radius 1 is 0.921 bits per heavy atom. The zero-order chi connectivity index (χ0) is 27.3. The summed E-state index contributed by atoms with van der Waals surface area (Å²) in [7, 11) is 1.47. The standard InChI is InChI=1S/C27H27IN4O6/c1-3-13-37-21-11-9-20(10-12-21)31-26(34)27(35)32-29-16-18-14-22(28)25(23(15-18)36-2)38-17-24(33)30-19-7-5-4-6-8-19/h4-12,14-16H,3,13,17H2,1-2H3,(H,30,33)(H,31,34)(H,32,35)/b29-16-. The van der Waals surface area contributed by atoms with Crippen molar-refractivity contribution in [3.63, 3.8) is 0 Å². The number of nitrogens with one attached hydrogen (secondary N) is 3. The second-order valence-corrected chi connectivity index (χ2v) is 8.93. The molecule has 0 bridgehead atoms. The van der Waals surface area contributed by atoms with E-state index in [9.17, 15) is 14.4 Å². The van der Waals surface area contributed by atoms with Gasteiger partial charge in [-0.15, -0.1) is 0 Å². The summed E-state index contributed by atoms with van der Waals surface area (Å²) < 4.78 is 17.2. The lowest BCUT2D eigenvalue weighted by molar-refractivity contribution is -0.136. The predicted molar refractivity (Wildman–Crippen MR) is 153 cm³/mol. The molecule has 0 fully saturated rings. The van der Waals surface area contributed by atoms with Gasteiger partial charge in [0.05, 0.1) is 23.5 Å². The molecule has 0 saturated carbocycles. The van der Waals surface area contributed by atoms with Crippen LogP contribution in [0.2, 0.25) is 0 Å². The van der Waals surface area contributed by atoms with E-state index in [-0.39, 0.29) is 12.5 Å². The van der Waals surface area contributed by atoms with Crippen LogP contribution < -0.4 is 30.3 Å². The third kappa shape index (κ3) is 8.76. The topological polar surface area (TPSA) is 127 Å². The van der Waals surface area contributed by atoms with Gasteiger partial charge in [-0.05, 0) is 83.1 Å². The number of hydrogen-bond donors (Lipinski definition) is 3. The number of amides is 3. The molecule has 198 valence electrons. The van der Waals surface area contributed by atoms with Crippen molar-refractivity contribution < 1.29 is 28.6 Å². The molecule has 0 saturated heterocycles. The van der Waals surface area contributed by atoms with Crippen molar-refractivity contribution in [1.29, 1.82) is 0 Å². The molecule has 3 rings (SSSR count). The van der Waals surface area contributed by atoms with E-state index in [1.54, 1.807) is 48.5 Å². The molecule has 0 heterocycles. The second kappa shape index (κ2) is 14.6. The first-order valence-corrected chi connectivity index (χ1v) is 12.7. The smallest absolute Gasteiger partial charge is 0.329 e. The van der Waals surface area contributed by atoms with Crippen molar-refractivity contribution >= 4 is 57.9 Å². The third-order valence-electron chi connectivity index (χ3n) is 4.83. The molecule has 38 heavy (non-hydrogen) atoms. The van der Waals surface area contributed by atoms with Crippen LogP contribution in [0.5, 0.6) is 17.2 Å². The largest absolute Gasteiger partial charge is 0.494 e. The maximum atomic E-state index is 12.2. The highest BCUT2D eigenvalue weighted by molar-refractivity contribution is 14.1. The van der Waals surface area contributed by atoms with Gasteiger partial charge in [0, 0.05) is 11.4 Å². The lowest BCUT2D eigenvalue weighted by atomic mass is 10.2. The summed E-state index contributed by atoms with van der Waals surface area (Å²) in [6.07, 6.45) is 2.25. The number of carbonyl (C=O) groups is 3. The van der Waals surface area contributed by atoms with Gasteiger partial charge in [0.25, 0.3) is 5.91 Å². The van der Waals surface area contributed by atoms with Gasteiger partial charge in [0.2, 0.25) is 0 Å². The SMILES string of the molecule is CCCOc1ccc(NC(=O)C(=O)N/N=C\c2cc(I)c(OCC(=O)Nc3ccccc3)c(OC)c2)cc1. The predicted octanol–water partition coefficient (Wildman–Crippen LogP) is 4.19. The fourth-order valence-electron chi connectivity index (χ4n) is 3.07. The van der Waals surface area contributed by atoms with Gasteiger partial charge in [0.1, 0.15) is 5.75 Å². The monoisotopic (exact) mass is 630 g/mol. The van der Waals surface area contributed by atoms with Crippen LogP contribution in [-0.4, -0.2) is 44.3 Å². The zero-order valence-corrected chi connectivity index (χ0v) is 23.0. The number of nitrogens with zero attached hydrogens (tertiary/aromatic N) is 1. The number of hydrazone groups is 1. The summed E-state index contributed by atoms with van der Waals surface area (Å²) in [6, 6.07) is 19.1. The molecule has 0 spiro atoms. The Hall–Kier alpha value is -4.13. The molecular formula is C27H27IN4O6. The molecule has 0 aliphatic heterocycles. The Morgan fingerprint density at radius 2 is 1.63 bits per heavy atom. The third-order valence-corrected chi connectivity index (χ3v) is 5.63. The number of benzene rings is 3. The van der Waals surface area contributed by atoms with Gasteiger partial charge in [-0.1, -0.05) is 25.1 Å². The number of halogens is 1. The summed E-state index contributed by atoms with van der Waals surface area (Å²) in [5, 5.41) is 9.09. The van der Waals surface area contributed by atoms with Gasteiger partial charge < -0.3 is 24.8 Å². The summed E-state index contributed by atoms with van der Waals surface area (Å²) in [4.78, 5) is 36.5. The van der Waals surface area contributed by atoms with Crippen LogP contribution in [0.15, 0.2) is 71.8 Å². The molecule has 11 heteroatoms. The Morgan fingerprint density at radius 3 is 2.32 bits per heavy atom. The molecule has 0 aromatic heterocycles. The van der Waals surface area contributed by atoms with Gasteiger partial charge in [-0.3, -0.25) is 14.4 Å². The normalized spacial score (nSPS) is 10.5. The Balaban J connectivity index is 1.53. The Bertz CT molecular complexity index is 1280. The van der Waals surface area contributed by atoms with Crippen LogP contribution in [0.3, 0.4) is 0 Å². The van der Waals surface area contributed by atoms with E-state index in [1.165, 1.54) is 13.3 Å². The first kappa shape index (κ1) is 28.4. The molecule has 0 atom stereocenters. The van der Waals surface area contributed by atoms with Gasteiger partial charge in [-0.25, -0.2) is 5.43 Å². The molecule has 10 nitrogen and oxygen atoms in total. The quantitative estimate of drug-likeness (QED) is 0.126. The molecule has 0 radical (unpaired) electrons. The van der Waals surface area contributed by atoms with Crippen molar-refractivity contribution in [2.24, 2.45) is 5.10 Å². The Kier molecular flexibility index (Phi) is 10.9. The second-order valence-electron chi connectivity index (χ2n) is 7.76. The number of ether oxygens (including phenoxy) is 3. The highest BCUT2D eigenvalue weighted by atomic mass is 127. The maximum Gasteiger partial charge on any atom is 0.329 e.